The van der Waals surface area contributed by atoms with E-state index in [0.29, 0.717) is 0 Å². The van der Waals surface area contributed by atoms with Gasteiger partial charge >= 0.3 is 0 Å². The minimum atomic E-state index is 1.10. The minimum Gasteiger partial charge on any atom is -0.0622 e. The smallest absolute Gasteiger partial charge is 0.0259 e. The van der Waals surface area contributed by atoms with Crippen molar-refractivity contribution in [2.45, 2.75) is 0 Å². The van der Waals surface area contributed by atoms with Crippen LogP contribution in [-0.4, -0.2) is 0 Å². The van der Waals surface area contributed by atoms with Crippen molar-refractivity contribution in [3.8, 4) is 44.5 Å². The average Bonchev–Trinajstić information content (AvgIpc) is 2.93. The van der Waals surface area contributed by atoms with Gasteiger partial charge in [-0.3, -0.25) is 0 Å². The van der Waals surface area contributed by atoms with E-state index in [2.05, 4.69) is 149 Å². The van der Waals surface area contributed by atoms with Gasteiger partial charge in [0.25, 0.3) is 0 Å². The third-order valence-corrected chi connectivity index (χ3v) is 7.25. The molecule has 6 aromatic rings. The summed E-state index contributed by atoms with van der Waals surface area (Å²) < 4.78 is 1.10. The van der Waals surface area contributed by atoms with Crippen LogP contribution in [0.3, 0.4) is 0 Å². The van der Waals surface area contributed by atoms with Crippen LogP contribution in [0.25, 0.3) is 55.3 Å². The van der Waals surface area contributed by atoms with Crippen molar-refractivity contribution in [3.05, 3.63) is 144 Å². The zero-order valence-corrected chi connectivity index (χ0v) is 20.7. The Balaban J connectivity index is 1.26. The van der Waals surface area contributed by atoms with Crippen LogP contribution >= 0.6 is 15.9 Å². The molecule has 1 heteroatoms. The quantitative estimate of drug-likeness (QED) is 0.221. The molecule has 166 valence electrons. The monoisotopic (exact) mass is 510 g/mol. The molecule has 0 heterocycles. The molecule has 0 aliphatic rings. The molecule has 0 bridgehead atoms. The van der Waals surface area contributed by atoms with Crippen LogP contribution in [0.2, 0.25) is 0 Å². The largest absolute Gasteiger partial charge is 0.0622 e. The Bertz CT molecular complexity index is 1610. The molecule has 0 fully saturated rings. The molecule has 0 N–H and O–H groups in total. The highest BCUT2D eigenvalue weighted by atomic mass is 79.9. The zero-order chi connectivity index (χ0) is 23.6. The van der Waals surface area contributed by atoms with Gasteiger partial charge in [0, 0.05) is 4.47 Å². The Morgan fingerprint density at radius 2 is 0.857 bits per heavy atom. The zero-order valence-electron chi connectivity index (χ0n) is 19.2. The maximum atomic E-state index is 3.79. The molecule has 0 atom stereocenters. The summed E-state index contributed by atoms with van der Waals surface area (Å²) in [5, 5.41) is 2.56. The van der Waals surface area contributed by atoms with Gasteiger partial charge in [0.2, 0.25) is 0 Å². The number of halogens is 1. The topological polar surface area (TPSA) is 0 Å². The second-order valence-electron chi connectivity index (χ2n) is 8.74. The van der Waals surface area contributed by atoms with Crippen LogP contribution in [0.4, 0.5) is 0 Å². The summed E-state index contributed by atoms with van der Waals surface area (Å²) in [7, 11) is 0. The fourth-order valence-corrected chi connectivity index (χ4v) is 5.33. The first-order valence-electron chi connectivity index (χ1n) is 11.8. The first kappa shape index (κ1) is 21.6. The Labute approximate surface area is 214 Å². The lowest BCUT2D eigenvalue weighted by Gasteiger charge is -2.10. The van der Waals surface area contributed by atoms with Crippen molar-refractivity contribution in [2.75, 3.05) is 0 Å². The summed E-state index contributed by atoms with van der Waals surface area (Å²) in [4.78, 5) is 0. The maximum Gasteiger partial charge on any atom is 0.0259 e. The molecule has 6 aromatic carbocycles. The van der Waals surface area contributed by atoms with E-state index in [0.717, 1.165) is 4.47 Å². The fraction of sp³-hybridized carbons (Fsp3) is 0. The number of hydrogen-bond acceptors (Lipinski definition) is 0. The summed E-state index contributed by atoms with van der Waals surface area (Å²) >= 11 is 3.79. The lowest BCUT2D eigenvalue weighted by Crippen LogP contribution is -1.85. The molecule has 0 spiro atoms. The van der Waals surface area contributed by atoms with E-state index in [1.807, 2.05) is 6.07 Å². The van der Waals surface area contributed by atoms with Crippen molar-refractivity contribution >= 4 is 26.7 Å². The van der Waals surface area contributed by atoms with Gasteiger partial charge < -0.3 is 0 Å². The van der Waals surface area contributed by atoms with E-state index >= 15 is 0 Å². The highest BCUT2D eigenvalue weighted by molar-refractivity contribution is 9.10. The Hall–Kier alpha value is -3.94. The van der Waals surface area contributed by atoms with Gasteiger partial charge in [0.1, 0.15) is 0 Å². The predicted octanol–water partition coefficient (Wildman–Crippen LogP) is 10.3. The lowest BCUT2D eigenvalue weighted by molar-refractivity contribution is 1.55. The third-order valence-electron chi connectivity index (χ3n) is 6.59. The summed E-state index contributed by atoms with van der Waals surface area (Å²) in [6.07, 6.45) is 0. The van der Waals surface area contributed by atoms with Crippen LogP contribution in [0.1, 0.15) is 0 Å². The average molecular weight is 511 g/mol. The molecule has 0 amide bonds. The summed E-state index contributed by atoms with van der Waals surface area (Å²) in [6, 6.07) is 49.8. The second kappa shape index (κ2) is 9.37. The molecular formula is C34H23Br. The van der Waals surface area contributed by atoms with Gasteiger partial charge in [0.15, 0.2) is 0 Å². The van der Waals surface area contributed by atoms with Crippen LogP contribution < -0.4 is 0 Å². The van der Waals surface area contributed by atoms with Crippen LogP contribution in [-0.2, 0) is 0 Å². The van der Waals surface area contributed by atoms with E-state index in [4.69, 9.17) is 0 Å². The van der Waals surface area contributed by atoms with Crippen LogP contribution in [0.15, 0.2) is 144 Å². The van der Waals surface area contributed by atoms with Crippen molar-refractivity contribution < 1.29 is 0 Å². The van der Waals surface area contributed by atoms with Gasteiger partial charge in [-0.1, -0.05) is 149 Å². The summed E-state index contributed by atoms with van der Waals surface area (Å²) in [6.45, 7) is 0. The number of rotatable bonds is 4. The molecule has 0 radical (unpaired) electrons. The Kier molecular flexibility index (Phi) is 5.78. The maximum absolute atomic E-state index is 3.79. The summed E-state index contributed by atoms with van der Waals surface area (Å²) in [5.74, 6) is 0. The van der Waals surface area contributed by atoms with Crippen molar-refractivity contribution in [1.29, 1.82) is 0 Å². The van der Waals surface area contributed by atoms with E-state index in [1.54, 1.807) is 0 Å². The van der Waals surface area contributed by atoms with Gasteiger partial charge in [-0.05, 0) is 61.3 Å². The van der Waals surface area contributed by atoms with Gasteiger partial charge in [-0.25, -0.2) is 0 Å². The molecule has 0 aliphatic carbocycles. The first-order valence-corrected chi connectivity index (χ1v) is 12.6. The van der Waals surface area contributed by atoms with Crippen LogP contribution in [0, 0.1) is 0 Å². The Morgan fingerprint density at radius 3 is 1.54 bits per heavy atom. The lowest BCUT2D eigenvalue weighted by atomic mass is 9.95. The molecular weight excluding hydrogens is 488 g/mol. The second-order valence-corrected chi connectivity index (χ2v) is 9.60. The standard InChI is InChI=1S/C34H23Br/c35-34-23-30(24-7-2-1-3-8-24)21-22-33(34)29-19-15-26(16-20-29)25-13-17-28(18-14-25)32-12-6-10-27-9-4-5-11-31(27)32/h1-23H. The van der Waals surface area contributed by atoms with E-state index < -0.39 is 0 Å². The molecule has 0 saturated heterocycles. The Morgan fingerprint density at radius 1 is 0.343 bits per heavy atom. The molecule has 0 unspecified atom stereocenters. The third kappa shape index (κ3) is 4.32. The fourth-order valence-electron chi connectivity index (χ4n) is 4.72. The highest BCUT2D eigenvalue weighted by Crippen LogP contribution is 2.34. The minimum absolute atomic E-state index is 1.10. The number of benzene rings is 6. The number of hydrogen-bond donors (Lipinski definition) is 0. The SMILES string of the molecule is Brc1cc(-c2ccccc2)ccc1-c1ccc(-c2ccc(-c3cccc4ccccc34)cc2)cc1. The molecule has 0 aromatic heterocycles. The van der Waals surface area contributed by atoms with Gasteiger partial charge in [0.05, 0.1) is 0 Å². The van der Waals surface area contributed by atoms with E-state index in [9.17, 15) is 0 Å². The molecule has 0 nitrogen and oxygen atoms in total. The first-order chi connectivity index (χ1) is 17.3. The van der Waals surface area contributed by atoms with Crippen molar-refractivity contribution in [3.63, 3.8) is 0 Å². The predicted molar refractivity (Wildman–Crippen MR) is 153 cm³/mol. The van der Waals surface area contributed by atoms with Gasteiger partial charge in [-0.2, -0.15) is 0 Å². The van der Waals surface area contributed by atoms with Crippen LogP contribution in [0.5, 0.6) is 0 Å². The van der Waals surface area contributed by atoms with E-state index in [1.165, 1.54) is 55.3 Å². The molecule has 0 aliphatic heterocycles. The van der Waals surface area contributed by atoms with Crippen molar-refractivity contribution in [1.82, 2.24) is 0 Å². The summed E-state index contributed by atoms with van der Waals surface area (Å²) in [5.41, 5.74) is 9.79. The molecule has 6 rings (SSSR count). The van der Waals surface area contributed by atoms with Gasteiger partial charge in [-0.15, -0.1) is 0 Å². The highest BCUT2D eigenvalue weighted by Gasteiger charge is 2.08. The number of fused-ring (bicyclic) bond motifs is 1. The molecule has 35 heavy (non-hydrogen) atoms. The molecule has 0 saturated carbocycles. The normalized spacial score (nSPS) is 11.0. The van der Waals surface area contributed by atoms with Crippen molar-refractivity contribution in [2.24, 2.45) is 0 Å². The van der Waals surface area contributed by atoms with E-state index in [-0.39, 0.29) is 0 Å².